The molecular formula is C32H32F2N4O4S. The number of piperidine rings is 1. The highest BCUT2D eigenvalue weighted by atomic mass is 32.2. The fraction of sp³-hybridized carbons (Fsp3) is 0.250. The first kappa shape index (κ1) is 30.1. The number of rotatable bonds is 8. The molecule has 1 aliphatic heterocycles. The summed E-state index contributed by atoms with van der Waals surface area (Å²) in [6.45, 7) is 3.92. The van der Waals surface area contributed by atoms with Crippen LogP contribution in [0, 0.1) is 18.6 Å². The van der Waals surface area contributed by atoms with Crippen molar-refractivity contribution in [3.63, 3.8) is 0 Å². The van der Waals surface area contributed by atoms with Crippen LogP contribution in [-0.4, -0.2) is 49.7 Å². The zero-order chi connectivity index (χ0) is 30.6. The molecule has 0 aliphatic carbocycles. The molecule has 224 valence electrons. The second-order valence-electron chi connectivity index (χ2n) is 10.6. The minimum Gasteiger partial charge on any atom is -0.439 e. The molecule has 1 fully saturated rings. The van der Waals surface area contributed by atoms with Gasteiger partial charge in [0.05, 0.1) is 10.6 Å². The number of sulfone groups is 1. The number of likely N-dealkylation sites (tertiary alicyclic amines) is 1. The second kappa shape index (κ2) is 12.9. The summed E-state index contributed by atoms with van der Waals surface area (Å²) in [6.07, 6.45) is 4.32. The predicted molar refractivity (Wildman–Crippen MR) is 161 cm³/mol. The van der Waals surface area contributed by atoms with Gasteiger partial charge in [-0.05, 0) is 73.4 Å². The average Bonchev–Trinajstić information content (AvgIpc) is 2.98. The third kappa shape index (κ3) is 7.54. The van der Waals surface area contributed by atoms with Gasteiger partial charge in [-0.25, -0.2) is 27.0 Å². The van der Waals surface area contributed by atoms with Gasteiger partial charge in [0.15, 0.2) is 9.84 Å². The normalized spacial score (nSPS) is 14.3. The number of carbonyl (C=O) groups excluding carboxylic acids is 1. The van der Waals surface area contributed by atoms with Gasteiger partial charge in [0, 0.05) is 55.9 Å². The number of aryl methyl sites for hydroxylation is 1. The Hall–Kier alpha value is -4.35. The number of nitrogens with one attached hydrogen (secondary N) is 1. The number of benzene rings is 3. The van der Waals surface area contributed by atoms with Gasteiger partial charge in [-0.1, -0.05) is 24.3 Å². The molecule has 2 heterocycles. The summed E-state index contributed by atoms with van der Waals surface area (Å²) in [4.78, 5) is 22.0. The summed E-state index contributed by atoms with van der Waals surface area (Å²) in [7, 11) is -3.30. The number of hydrogen-bond donors (Lipinski definition) is 1. The lowest BCUT2D eigenvalue weighted by Crippen LogP contribution is -2.49. The Morgan fingerprint density at radius 2 is 1.77 bits per heavy atom. The van der Waals surface area contributed by atoms with Gasteiger partial charge in [0.25, 0.3) is 0 Å². The summed E-state index contributed by atoms with van der Waals surface area (Å²) in [5.41, 5.74) is 2.31. The monoisotopic (exact) mass is 606 g/mol. The topological polar surface area (TPSA) is 91.8 Å². The standard InChI is InChI=1S/C32H32F2N4O4S/c1-22-18-27(43(2,40)41)10-12-30(22)42-31-13-8-23(20-35-31)21-37-16-14-26(15-17-37)38(25-6-4-3-5-7-25)32(39)36-29-11-9-24(33)19-28(29)34/h3-13,18-20,26H,14-17,21H2,1-2H3,(H,36,39). The van der Waals surface area contributed by atoms with Crippen LogP contribution in [0.5, 0.6) is 11.6 Å². The number of para-hydroxylation sites is 1. The lowest BCUT2D eigenvalue weighted by molar-refractivity contribution is 0.199. The quantitative estimate of drug-likeness (QED) is 0.244. The van der Waals surface area contributed by atoms with Crippen molar-refractivity contribution in [1.29, 1.82) is 0 Å². The van der Waals surface area contributed by atoms with E-state index in [4.69, 9.17) is 4.74 Å². The number of urea groups is 1. The molecule has 0 spiro atoms. The molecule has 1 saturated heterocycles. The number of hydrogen-bond acceptors (Lipinski definition) is 6. The lowest BCUT2D eigenvalue weighted by atomic mass is 10.0. The van der Waals surface area contributed by atoms with Crippen molar-refractivity contribution in [3.8, 4) is 11.6 Å². The molecule has 1 N–H and O–H groups in total. The lowest BCUT2D eigenvalue weighted by Gasteiger charge is -2.38. The summed E-state index contributed by atoms with van der Waals surface area (Å²) in [5, 5.41) is 2.60. The average molecular weight is 607 g/mol. The number of nitrogens with zero attached hydrogens (tertiary/aromatic N) is 3. The Balaban J connectivity index is 1.20. The van der Waals surface area contributed by atoms with E-state index in [9.17, 15) is 22.0 Å². The first-order valence-corrected chi connectivity index (χ1v) is 15.7. The summed E-state index contributed by atoms with van der Waals surface area (Å²) in [5.74, 6) is -0.610. The minimum absolute atomic E-state index is 0.0780. The molecule has 43 heavy (non-hydrogen) atoms. The maximum atomic E-state index is 14.3. The van der Waals surface area contributed by atoms with Gasteiger partial charge in [-0.2, -0.15) is 0 Å². The smallest absolute Gasteiger partial charge is 0.326 e. The van der Waals surface area contributed by atoms with Crippen molar-refractivity contribution in [3.05, 3.63) is 108 Å². The molecule has 4 aromatic rings. The third-order valence-corrected chi connectivity index (χ3v) is 8.45. The van der Waals surface area contributed by atoms with Gasteiger partial charge in [-0.3, -0.25) is 9.80 Å². The van der Waals surface area contributed by atoms with Crippen LogP contribution in [0.1, 0.15) is 24.0 Å². The van der Waals surface area contributed by atoms with Crippen molar-refractivity contribution < 1.29 is 26.7 Å². The van der Waals surface area contributed by atoms with Crippen LogP contribution in [0.15, 0.2) is 90.0 Å². The van der Waals surface area contributed by atoms with Crippen LogP contribution < -0.4 is 15.0 Å². The number of pyridine rings is 1. The summed E-state index contributed by atoms with van der Waals surface area (Å²) in [6, 6.07) is 20.1. The highest BCUT2D eigenvalue weighted by Gasteiger charge is 2.30. The van der Waals surface area contributed by atoms with Gasteiger partial charge in [-0.15, -0.1) is 0 Å². The molecule has 11 heteroatoms. The molecule has 2 amide bonds. The zero-order valence-corrected chi connectivity index (χ0v) is 24.7. The molecule has 3 aromatic carbocycles. The maximum Gasteiger partial charge on any atom is 0.326 e. The van der Waals surface area contributed by atoms with Crippen molar-refractivity contribution in [1.82, 2.24) is 9.88 Å². The highest BCUT2D eigenvalue weighted by Crippen LogP contribution is 2.28. The molecule has 0 atom stereocenters. The Morgan fingerprint density at radius 1 is 1.02 bits per heavy atom. The Kier molecular flexibility index (Phi) is 9.02. The number of amides is 2. The van der Waals surface area contributed by atoms with Crippen LogP contribution in [-0.2, 0) is 16.4 Å². The van der Waals surface area contributed by atoms with E-state index in [0.717, 1.165) is 30.8 Å². The van der Waals surface area contributed by atoms with Gasteiger partial charge in [0.2, 0.25) is 5.88 Å². The molecule has 8 nitrogen and oxygen atoms in total. The largest absolute Gasteiger partial charge is 0.439 e. The molecule has 1 aliphatic rings. The summed E-state index contributed by atoms with van der Waals surface area (Å²) >= 11 is 0. The van der Waals surface area contributed by atoms with Crippen LogP contribution in [0.25, 0.3) is 0 Å². The Bertz CT molecular complexity index is 1690. The molecule has 5 rings (SSSR count). The second-order valence-corrected chi connectivity index (χ2v) is 12.6. The van der Waals surface area contributed by atoms with Gasteiger partial charge >= 0.3 is 6.03 Å². The molecule has 0 unspecified atom stereocenters. The SMILES string of the molecule is Cc1cc(S(C)(=O)=O)ccc1Oc1ccc(CN2CCC(N(C(=O)Nc3ccc(F)cc3F)c3ccccc3)CC2)cn1. The van der Waals surface area contributed by atoms with Crippen LogP contribution in [0.4, 0.5) is 25.0 Å². The number of halogens is 2. The number of aromatic nitrogens is 1. The number of ether oxygens (including phenoxy) is 1. The van der Waals surface area contributed by atoms with E-state index in [-0.39, 0.29) is 16.6 Å². The molecule has 0 saturated carbocycles. The molecular weight excluding hydrogens is 574 g/mol. The van der Waals surface area contributed by atoms with Gasteiger partial charge < -0.3 is 10.1 Å². The third-order valence-electron chi connectivity index (χ3n) is 7.34. The highest BCUT2D eigenvalue weighted by molar-refractivity contribution is 7.90. The van der Waals surface area contributed by atoms with E-state index in [1.165, 1.54) is 18.4 Å². The van der Waals surface area contributed by atoms with E-state index >= 15 is 0 Å². The van der Waals surface area contributed by atoms with E-state index in [0.29, 0.717) is 42.3 Å². The predicted octanol–water partition coefficient (Wildman–Crippen LogP) is 6.57. The van der Waals surface area contributed by atoms with E-state index < -0.39 is 27.5 Å². The van der Waals surface area contributed by atoms with Crippen molar-refractivity contribution in [2.75, 3.05) is 29.6 Å². The van der Waals surface area contributed by atoms with Crippen molar-refractivity contribution in [2.24, 2.45) is 0 Å². The van der Waals surface area contributed by atoms with E-state index in [1.807, 2.05) is 36.4 Å². The number of carbonyl (C=O) groups is 1. The first-order chi connectivity index (χ1) is 20.6. The van der Waals surface area contributed by atoms with Crippen LogP contribution >= 0.6 is 0 Å². The van der Waals surface area contributed by atoms with Crippen LogP contribution in [0.3, 0.4) is 0 Å². The fourth-order valence-electron chi connectivity index (χ4n) is 5.09. The maximum absolute atomic E-state index is 14.3. The molecule has 1 aromatic heterocycles. The first-order valence-electron chi connectivity index (χ1n) is 13.8. The van der Waals surface area contributed by atoms with E-state index in [2.05, 4.69) is 15.2 Å². The van der Waals surface area contributed by atoms with Gasteiger partial charge in [0.1, 0.15) is 17.4 Å². The summed E-state index contributed by atoms with van der Waals surface area (Å²) < 4.78 is 57.1. The minimum atomic E-state index is -3.30. The fourth-order valence-corrected chi connectivity index (χ4v) is 5.79. The molecule has 0 radical (unpaired) electrons. The Labute approximate surface area is 249 Å². The zero-order valence-electron chi connectivity index (χ0n) is 23.8. The van der Waals surface area contributed by atoms with Crippen LogP contribution in [0.2, 0.25) is 0 Å². The van der Waals surface area contributed by atoms with Crippen molar-refractivity contribution >= 4 is 27.2 Å². The number of anilines is 2. The van der Waals surface area contributed by atoms with Crippen molar-refractivity contribution in [2.45, 2.75) is 37.2 Å². The Morgan fingerprint density at radius 3 is 2.40 bits per heavy atom. The molecule has 0 bridgehead atoms. The van der Waals surface area contributed by atoms with E-state index in [1.54, 1.807) is 36.2 Å².